The zero-order valence-corrected chi connectivity index (χ0v) is 21.8. The lowest BCUT2D eigenvalue weighted by atomic mass is 9.79. The Labute approximate surface area is 203 Å². The van der Waals surface area contributed by atoms with Crippen LogP contribution >= 0.6 is 0 Å². The van der Waals surface area contributed by atoms with Crippen LogP contribution < -0.4 is 24.8 Å². The van der Waals surface area contributed by atoms with E-state index in [1.54, 1.807) is 0 Å². The highest BCUT2D eigenvalue weighted by Crippen LogP contribution is 2.53. The van der Waals surface area contributed by atoms with Crippen LogP contribution in [-0.4, -0.2) is 27.2 Å². The Hall–Kier alpha value is -3.07. The summed E-state index contributed by atoms with van der Waals surface area (Å²) in [6.45, 7) is 15.9. The third-order valence-corrected chi connectivity index (χ3v) is 8.07. The standard InChI is InChI=1S/C31H35N2O/c1-18-14-21-23(20-12-10-9-11-13-20)22-15-19(2)27-25(31(5,6)17-33(27)8)29(22)34-28(21)24-26(18)32(7)16-30(24,3)4/h9-15H,16-17H2,1-8H3/q+1. The number of anilines is 1. The van der Waals surface area contributed by atoms with Crippen LogP contribution in [0.15, 0.2) is 42.5 Å². The molecule has 0 aromatic heterocycles. The minimum absolute atomic E-state index is 0.0136. The van der Waals surface area contributed by atoms with Crippen LogP contribution in [0.2, 0.25) is 0 Å². The van der Waals surface area contributed by atoms with Crippen LogP contribution in [-0.2, 0) is 10.8 Å². The largest absolute Gasteiger partial charge is 0.455 e. The molecule has 3 aromatic carbocycles. The molecule has 0 radical (unpaired) electrons. The Morgan fingerprint density at radius 1 is 0.882 bits per heavy atom. The fraction of sp³-hybridized carbons (Fsp3) is 0.387. The summed E-state index contributed by atoms with van der Waals surface area (Å²) in [5.74, 6) is 2.11. The van der Waals surface area contributed by atoms with Gasteiger partial charge < -0.3 is 9.64 Å². The van der Waals surface area contributed by atoms with Crippen LogP contribution in [0, 0.1) is 13.8 Å². The van der Waals surface area contributed by atoms with Gasteiger partial charge in [0.15, 0.2) is 6.54 Å². The van der Waals surface area contributed by atoms with E-state index in [4.69, 9.17) is 4.74 Å². The summed E-state index contributed by atoms with van der Waals surface area (Å²) in [6, 6.07) is 15.6. The maximum Gasteiger partial charge on any atom is 0.210 e. The molecule has 3 nitrogen and oxygen atoms in total. The van der Waals surface area contributed by atoms with E-state index in [1.165, 1.54) is 55.2 Å². The Morgan fingerprint density at radius 2 is 1.59 bits per heavy atom. The van der Waals surface area contributed by atoms with Gasteiger partial charge >= 0.3 is 0 Å². The maximum absolute atomic E-state index is 7.12. The van der Waals surface area contributed by atoms with Crippen molar-refractivity contribution in [1.29, 1.82) is 0 Å². The first kappa shape index (κ1) is 21.5. The second-order valence-corrected chi connectivity index (χ2v) is 11.9. The van der Waals surface area contributed by atoms with Crippen molar-refractivity contribution in [2.75, 3.05) is 32.1 Å². The highest BCUT2D eigenvalue weighted by molar-refractivity contribution is 5.90. The molecule has 6 rings (SSSR count). The number of rotatable bonds is 1. The first-order valence-corrected chi connectivity index (χ1v) is 12.4. The fourth-order valence-corrected chi connectivity index (χ4v) is 7.07. The molecule has 0 amide bonds. The Morgan fingerprint density at radius 3 is 2.29 bits per heavy atom. The van der Waals surface area contributed by atoms with Crippen molar-refractivity contribution in [3.63, 3.8) is 0 Å². The highest BCUT2D eigenvalue weighted by Gasteiger charge is 2.44. The molecule has 0 unspecified atom stereocenters. The topological polar surface area (TPSA) is 15.5 Å². The third-order valence-electron chi connectivity index (χ3n) is 8.07. The molecular formula is C31H35N2O+. The SMILES string of the molecule is Cc1cc2c(c3c1N(C)CC3(C)C)Oc1c3c(c(C)cc1=C2c1ccccc1)=[N+](C)CC3(C)C. The number of nitrogens with zero attached hydrogens (tertiary/aromatic N) is 2. The minimum atomic E-state index is 0.0136. The van der Waals surface area contributed by atoms with Gasteiger partial charge in [0.05, 0.1) is 11.0 Å². The van der Waals surface area contributed by atoms with Gasteiger partial charge in [-0.15, -0.1) is 0 Å². The molecule has 0 fully saturated rings. The molecule has 0 atom stereocenters. The molecule has 174 valence electrons. The van der Waals surface area contributed by atoms with Gasteiger partial charge in [-0.25, -0.2) is 4.58 Å². The second-order valence-electron chi connectivity index (χ2n) is 11.9. The van der Waals surface area contributed by atoms with Gasteiger partial charge in [0, 0.05) is 52.2 Å². The number of likely N-dealkylation sites (N-methyl/N-ethyl adjacent to an activating group) is 2. The average molecular weight is 452 g/mol. The molecule has 0 saturated heterocycles. The number of hydrogen-bond acceptors (Lipinski definition) is 2. The highest BCUT2D eigenvalue weighted by atomic mass is 16.5. The van der Waals surface area contributed by atoms with E-state index in [0.29, 0.717) is 0 Å². The summed E-state index contributed by atoms with van der Waals surface area (Å²) >= 11 is 0. The number of ether oxygens (including phenoxy) is 1. The van der Waals surface area contributed by atoms with Gasteiger partial charge in [-0.2, -0.15) is 0 Å². The van der Waals surface area contributed by atoms with Gasteiger partial charge in [-0.3, -0.25) is 0 Å². The lowest BCUT2D eigenvalue weighted by Gasteiger charge is -2.30. The van der Waals surface area contributed by atoms with Crippen LogP contribution in [0.4, 0.5) is 5.69 Å². The zero-order chi connectivity index (χ0) is 24.2. The molecule has 0 bridgehead atoms. The molecule has 0 N–H and O–H groups in total. The quantitative estimate of drug-likeness (QED) is 0.387. The summed E-state index contributed by atoms with van der Waals surface area (Å²) in [7, 11) is 4.43. The van der Waals surface area contributed by atoms with Crippen molar-refractivity contribution in [2.24, 2.45) is 0 Å². The summed E-state index contributed by atoms with van der Waals surface area (Å²) in [6.07, 6.45) is 0. The molecule has 34 heavy (non-hydrogen) atoms. The van der Waals surface area contributed by atoms with E-state index in [-0.39, 0.29) is 10.8 Å². The van der Waals surface area contributed by atoms with Crippen molar-refractivity contribution in [2.45, 2.75) is 52.4 Å². The van der Waals surface area contributed by atoms with Crippen LogP contribution in [0.1, 0.15) is 61.1 Å². The molecule has 0 saturated carbocycles. The summed E-state index contributed by atoms with van der Waals surface area (Å²) in [4.78, 5) is 2.41. The maximum atomic E-state index is 7.12. The van der Waals surface area contributed by atoms with Gasteiger partial charge in [-0.1, -0.05) is 44.2 Å². The van der Waals surface area contributed by atoms with Crippen molar-refractivity contribution in [3.05, 3.63) is 86.4 Å². The van der Waals surface area contributed by atoms with E-state index in [2.05, 4.69) is 108 Å². The van der Waals surface area contributed by atoms with Crippen molar-refractivity contribution in [3.8, 4) is 11.5 Å². The average Bonchev–Trinajstić information content (AvgIpc) is 3.15. The predicted molar refractivity (Wildman–Crippen MR) is 141 cm³/mol. The number of benzene rings is 3. The van der Waals surface area contributed by atoms with Crippen LogP contribution in [0.25, 0.3) is 5.57 Å². The first-order chi connectivity index (χ1) is 16.0. The molecule has 0 spiro atoms. The van der Waals surface area contributed by atoms with Gasteiger partial charge in [-0.05, 0) is 51.0 Å². The molecule has 3 heterocycles. The van der Waals surface area contributed by atoms with E-state index in [0.717, 1.165) is 24.6 Å². The second kappa shape index (κ2) is 6.75. The monoisotopic (exact) mass is 451 g/mol. The van der Waals surface area contributed by atoms with Crippen molar-refractivity contribution < 1.29 is 4.74 Å². The summed E-state index contributed by atoms with van der Waals surface area (Å²) < 4.78 is 9.52. The summed E-state index contributed by atoms with van der Waals surface area (Å²) in [5.41, 5.74) is 10.5. The molecular weight excluding hydrogens is 416 g/mol. The molecule has 3 aromatic rings. The summed E-state index contributed by atoms with van der Waals surface area (Å²) in [5, 5.41) is 2.56. The first-order valence-electron chi connectivity index (χ1n) is 12.4. The number of aryl methyl sites for hydroxylation is 2. The molecule has 0 aliphatic carbocycles. The Bertz CT molecular complexity index is 1510. The van der Waals surface area contributed by atoms with Gasteiger partial charge in [0.25, 0.3) is 0 Å². The lowest BCUT2D eigenvalue weighted by Crippen LogP contribution is -2.31. The number of hydrogen-bond donors (Lipinski definition) is 0. The smallest absolute Gasteiger partial charge is 0.210 e. The van der Waals surface area contributed by atoms with Crippen molar-refractivity contribution >= 4 is 11.3 Å². The third kappa shape index (κ3) is 2.73. The van der Waals surface area contributed by atoms with Crippen LogP contribution in [0.5, 0.6) is 11.5 Å². The predicted octanol–water partition coefficient (Wildman–Crippen LogP) is 4.80. The van der Waals surface area contributed by atoms with E-state index in [1.807, 2.05) is 0 Å². The van der Waals surface area contributed by atoms with Gasteiger partial charge in [0.1, 0.15) is 18.5 Å². The lowest BCUT2D eigenvalue weighted by molar-refractivity contribution is 0.424. The van der Waals surface area contributed by atoms with E-state index in [9.17, 15) is 0 Å². The zero-order valence-electron chi connectivity index (χ0n) is 21.8. The Balaban J connectivity index is 1.83. The van der Waals surface area contributed by atoms with Crippen LogP contribution in [0.3, 0.4) is 0 Å². The van der Waals surface area contributed by atoms with E-state index >= 15 is 0 Å². The normalized spacial score (nSPS) is 18.9. The molecule has 3 aliphatic heterocycles. The molecule has 3 heteroatoms. The minimum Gasteiger partial charge on any atom is -0.455 e. The van der Waals surface area contributed by atoms with E-state index < -0.39 is 0 Å². The Kier molecular flexibility index (Phi) is 4.26. The molecule has 3 aliphatic rings. The van der Waals surface area contributed by atoms with Crippen molar-refractivity contribution in [1.82, 2.24) is 4.58 Å². The number of fused-ring (bicyclic) bond motifs is 6. The van der Waals surface area contributed by atoms with Gasteiger partial charge in [0.2, 0.25) is 5.36 Å². The fourth-order valence-electron chi connectivity index (χ4n) is 7.07.